The molecule has 1 saturated heterocycles. The van der Waals surface area contributed by atoms with Crippen molar-refractivity contribution in [2.75, 3.05) is 26.7 Å². The Kier molecular flexibility index (Phi) is 8.95. The molecule has 1 aromatic carbocycles. The third-order valence-electron chi connectivity index (χ3n) is 6.98. The Labute approximate surface area is 182 Å². The number of hydrogen-bond acceptors (Lipinski definition) is 4. The maximum Gasteiger partial charge on any atom is 0.119 e. The van der Waals surface area contributed by atoms with Crippen molar-refractivity contribution in [3.63, 3.8) is 0 Å². The minimum absolute atomic E-state index is 0.452. The van der Waals surface area contributed by atoms with E-state index in [4.69, 9.17) is 4.74 Å². The van der Waals surface area contributed by atoms with Gasteiger partial charge >= 0.3 is 0 Å². The van der Waals surface area contributed by atoms with E-state index in [0.717, 1.165) is 46.9 Å². The lowest BCUT2D eigenvalue weighted by molar-refractivity contribution is 0.0903. The molecule has 2 heterocycles. The highest BCUT2D eigenvalue weighted by Crippen LogP contribution is 2.34. The number of methoxy groups -OCH3 is 1. The van der Waals surface area contributed by atoms with Crippen molar-refractivity contribution in [2.45, 2.75) is 71.3 Å². The van der Waals surface area contributed by atoms with Crippen LogP contribution in [-0.4, -0.2) is 41.7 Å². The molecule has 3 rings (SSSR count). The van der Waals surface area contributed by atoms with Gasteiger partial charge in [0.15, 0.2) is 0 Å². The number of aromatic nitrogens is 1. The van der Waals surface area contributed by atoms with Crippen LogP contribution in [0.1, 0.15) is 76.9 Å². The van der Waals surface area contributed by atoms with Crippen molar-refractivity contribution < 1.29 is 9.84 Å². The molecular formula is C26H40N2O2. The molecule has 0 radical (unpaired) electrons. The summed E-state index contributed by atoms with van der Waals surface area (Å²) in [5.74, 6) is 2.28. The fourth-order valence-corrected chi connectivity index (χ4v) is 5.06. The molecule has 0 spiro atoms. The van der Waals surface area contributed by atoms with Gasteiger partial charge in [-0.15, -0.1) is 0 Å². The second kappa shape index (κ2) is 11.7. The molecular weight excluding hydrogens is 372 g/mol. The zero-order valence-electron chi connectivity index (χ0n) is 19.1. The summed E-state index contributed by atoms with van der Waals surface area (Å²) < 4.78 is 5.38. The van der Waals surface area contributed by atoms with Crippen molar-refractivity contribution >= 4 is 10.9 Å². The maximum absolute atomic E-state index is 11.0. The van der Waals surface area contributed by atoms with Crippen LogP contribution in [-0.2, 0) is 0 Å². The summed E-state index contributed by atoms with van der Waals surface area (Å²) in [5.41, 5.74) is 1.88. The Morgan fingerprint density at radius 2 is 2.03 bits per heavy atom. The molecule has 1 aliphatic rings. The van der Waals surface area contributed by atoms with Crippen LogP contribution in [0.25, 0.3) is 10.9 Å². The summed E-state index contributed by atoms with van der Waals surface area (Å²) in [6, 6.07) is 7.84. The van der Waals surface area contributed by atoms with Crippen LogP contribution in [0, 0.1) is 11.8 Å². The van der Waals surface area contributed by atoms with E-state index >= 15 is 0 Å². The van der Waals surface area contributed by atoms with Crippen molar-refractivity contribution in [3.05, 3.63) is 36.0 Å². The standard InChI is InChI=1S/C26H40N2O2/c1-4-6-7-8-16-28-17-14-21(20(5-2)19-28)9-12-26(29)23-13-15-27-25-11-10-22(30-3)18-24(23)25/h10-11,13,15,18,20-21,26,29H,4-9,12,14,16-17,19H2,1-3H3/t20-,21+,26+/m0/s1. The Morgan fingerprint density at radius 3 is 2.80 bits per heavy atom. The normalized spacial score (nSPS) is 21.1. The Balaban J connectivity index is 1.57. The monoisotopic (exact) mass is 412 g/mol. The second-order valence-electron chi connectivity index (χ2n) is 8.95. The molecule has 0 bridgehead atoms. The molecule has 3 atom stereocenters. The number of nitrogens with zero attached hydrogens (tertiary/aromatic N) is 2. The van der Waals surface area contributed by atoms with Gasteiger partial charge in [0.2, 0.25) is 0 Å². The van der Waals surface area contributed by atoms with E-state index in [1.807, 2.05) is 24.3 Å². The summed E-state index contributed by atoms with van der Waals surface area (Å²) in [6.07, 6.45) is 11.1. The van der Waals surface area contributed by atoms with Crippen LogP contribution in [0.2, 0.25) is 0 Å². The number of pyridine rings is 1. The lowest BCUT2D eigenvalue weighted by Crippen LogP contribution is -2.40. The van der Waals surface area contributed by atoms with Crippen LogP contribution < -0.4 is 4.74 Å². The minimum atomic E-state index is -0.452. The number of fused-ring (bicyclic) bond motifs is 1. The number of piperidine rings is 1. The lowest BCUT2D eigenvalue weighted by Gasteiger charge is -2.39. The summed E-state index contributed by atoms with van der Waals surface area (Å²) in [7, 11) is 1.68. The number of ether oxygens (including phenoxy) is 1. The summed E-state index contributed by atoms with van der Waals surface area (Å²) in [6.45, 7) is 8.32. The highest BCUT2D eigenvalue weighted by molar-refractivity contribution is 5.83. The molecule has 1 aliphatic heterocycles. The van der Waals surface area contributed by atoms with Crippen LogP contribution in [0.5, 0.6) is 5.75 Å². The van der Waals surface area contributed by atoms with Gasteiger partial charge in [-0.25, -0.2) is 0 Å². The fraction of sp³-hybridized carbons (Fsp3) is 0.654. The third-order valence-corrected chi connectivity index (χ3v) is 6.98. The van der Waals surface area contributed by atoms with E-state index in [1.165, 1.54) is 58.2 Å². The van der Waals surface area contributed by atoms with Crippen molar-refractivity contribution in [3.8, 4) is 5.75 Å². The van der Waals surface area contributed by atoms with Gasteiger partial charge in [0.25, 0.3) is 0 Å². The molecule has 2 aromatic rings. The van der Waals surface area contributed by atoms with E-state index in [0.29, 0.717) is 0 Å². The molecule has 4 heteroatoms. The van der Waals surface area contributed by atoms with E-state index in [1.54, 1.807) is 13.3 Å². The van der Waals surface area contributed by atoms with Gasteiger partial charge in [-0.3, -0.25) is 4.98 Å². The zero-order valence-corrected chi connectivity index (χ0v) is 19.1. The molecule has 166 valence electrons. The summed E-state index contributed by atoms with van der Waals surface area (Å²) in [4.78, 5) is 7.13. The first-order chi connectivity index (χ1) is 14.7. The van der Waals surface area contributed by atoms with Crippen molar-refractivity contribution in [1.29, 1.82) is 0 Å². The molecule has 4 nitrogen and oxygen atoms in total. The number of unbranched alkanes of at least 4 members (excludes halogenated alkanes) is 3. The topological polar surface area (TPSA) is 45.6 Å². The fourth-order valence-electron chi connectivity index (χ4n) is 5.06. The molecule has 1 N–H and O–H groups in total. The van der Waals surface area contributed by atoms with E-state index in [2.05, 4.69) is 23.7 Å². The maximum atomic E-state index is 11.0. The van der Waals surface area contributed by atoms with E-state index in [9.17, 15) is 5.11 Å². The number of aliphatic hydroxyl groups excluding tert-OH is 1. The molecule has 0 aliphatic carbocycles. The Hall–Kier alpha value is -1.65. The molecule has 1 aromatic heterocycles. The van der Waals surface area contributed by atoms with Crippen molar-refractivity contribution in [2.24, 2.45) is 11.8 Å². The average molecular weight is 413 g/mol. The first kappa shape index (κ1) is 23.0. The average Bonchev–Trinajstić information content (AvgIpc) is 2.79. The molecule has 0 saturated carbocycles. The predicted octanol–water partition coefficient (Wildman–Crippen LogP) is 5.99. The van der Waals surface area contributed by atoms with Crippen LogP contribution in [0.3, 0.4) is 0 Å². The number of aliphatic hydroxyl groups is 1. The first-order valence-corrected chi connectivity index (χ1v) is 12.0. The lowest BCUT2D eigenvalue weighted by atomic mass is 9.80. The van der Waals surface area contributed by atoms with Gasteiger partial charge < -0.3 is 14.7 Å². The van der Waals surface area contributed by atoms with Crippen LogP contribution in [0.4, 0.5) is 0 Å². The molecule has 0 unspecified atom stereocenters. The minimum Gasteiger partial charge on any atom is -0.497 e. The van der Waals surface area contributed by atoms with E-state index < -0.39 is 6.10 Å². The predicted molar refractivity (Wildman–Crippen MR) is 125 cm³/mol. The van der Waals surface area contributed by atoms with Gasteiger partial charge in [-0.2, -0.15) is 0 Å². The van der Waals surface area contributed by atoms with Gasteiger partial charge in [0, 0.05) is 18.1 Å². The van der Waals surface area contributed by atoms with Gasteiger partial charge in [-0.05, 0) is 80.4 Å². The summed E-state index contributed by atoms with van der Waals surface area (Å²) in [5, 5.41) is 12.0. The van der Waals surface area contributed by atoms with Crippen molar-refractivity contribution in [1.82, 2.24) is 9.88 Å². The third kappa shape index (κ3) is 5.95. The smallest absolute Gasteiger partial charge is 0.119 e. The number of likely N-dealkylation sites (tertiary alicyclic amines) is 1. The summed E-state index contributed by atoms with van der Waals surface area (Å²) >= 11 is 0. The molecule has 1 fully saturated rings. The highest BCUT2D eigenvalue weighted by atomic mass is 16.5. The van der Waals surface area contributed by atoms with Crippen LogP contribution >= 0.6 is 0 Å². The highest BCUT2D eigenvalue weighted by Gasteiger charge is 2.28. The number of rotatable bonds is 11. The Morgan fingerprint density at radius 1 is 1.17 bits per heavy atom. The van der Waals surface area contributed by atoms with Gasteiger partial charge in [-0.1, -0.05) is 39.5 Å². The first-order valence-electron chi connectivity index (χ1n) is 12.0. The van der Waals surface area contributed by atoms with Gasteiger partial charge in [0.1, 0.15) is 5.75 Å². The molecule has 0 amide bonds. The molecule has 30 heavy (non-hydrogen) atoms. The number of hydrogen-bond donors (Lipinski definition) is 1. The van der Waals surface area contributed by atoms with Gasteiger partial charge in [0.05, 0.1) is 18.7 Å². The largest absolute Gasteiger partial charge is 0.497 e. The quantitative estimate of drug-likeness (QED) is 0.461. The zero-order chi connectivity index (χ0) is 21.3. The SMILES string of the molecule is CCCCCCN1CC[C@@H](CC[C@@H](O)c2ccnc3ccc(OC)cc23)[C@@H](CC)C1. The van der Waals surface area contributed by atoms with Crippen LogP contribution in [0.15, 0.2) is 30.5 Å². The Bertz CT molecular complexity index is 779. The second-order valence-corrected chi connectivity index (χ2v) is 8.95. The number of benzene rings is 1. The van der Waals surface area contributed by atoms with E-state index in [-0.39, 0.29) is 0 Å².